The van der Waals surface area contributed by atoms with Gasteiger partial charge < -0.3 is 9.90 Å². The molecule has 0 N–H and O–H groups in total. The van der Waals surface area contributed by atoms with Crippen LogP contribution in [0, 0.1) is 6.92 Å². The summed E-state index contributed by atoms with van der Waals surface area (Å²) in [5.74, 6) is -1.20. The summed E-state index contributed by atoms with van der Waals surface area (Å²) in [6, 6.07) is 4.50. The molecule has 0 aliphatic heterocycles. The molecular formula is C8H6ClNaO2. The zero-order chi connectivity index (χ0) is 8.43. The maximum Gasteiger partial charge on any atom is 1.00 e. The van der Waals surface area contributed by atoms with Gasteiger partial charge in [0, 0.05) is 5.02 Å². The second kappa shape index (κ2) is 4.87. The first-order valence-corrected chi connectivity index (χ1v) is 3.46. The quantitative estimate of drug-likeness (QED) is 0.484. The second-order valence-corrected chi connectivity index (χ2v) is 2.66. The molecule has 1 aromatic rings. The first-order valence-electron chi connectivity index (χ1n) is 3.09. The largest absolute Gasteiger partial charge is 1.00 e. The molecule has 0 aromatic heterocycles. The maximum atomic E-state index is 10.3. The van der Waals surface area contributed by atoms with E-state index in [0.717, 1.165) is 5.56 Å². The normalized spacial score (nSPS) is 8.83. The van der Waals surface area contributed by atoms with Crippen molar-refractivity contribution in [2.75, 3.05) is 0 Å². The molecule has 0 saturated heterocycles. The molecule has 0 radical (unpaired) electrons. The summed E-state index contributed by atoms with van der Waals surface area (Å²) < 4.78 is 0. The third kappa shape index (κ3) is 2.79. The van der Waals surface area contributed by atoms with E-state index in [4.69, 9.17) is 11.6 Å². The predicted molar refractivity (Wildman–Crippen MR) is 40.5 cm³/mol. The van der Waals surface area contributed by atoms with E-state index in [-0.39, 0.29) is 35.1 Å². The second-order valence-electron chi connectivity index (χ2n) is 2.25. The van der Waals surface area contributed by atoms with Crippen LogP contribution in [-0.2, 0) is 0 Å². The van der Waals surface area contributed by atoms with Crippen molar-refractivity contribution in [3.8, 4) is 0 Å². The first kappa shape index (κ1) is 12.0. The van der Waals surface area contributed by atoms with Crippen molar-refractivity contribution in [3.63, 3.8) is 0 Å². The molecule has 12 heavy (non-hydrogen) atoms. The molecule has 0 spiro atoms. The number of hydrogen-bond donors (Lipinski definition) is 0. The van der Waals surface area contributed by atoms with Gasteiger partial charge >= 0.3 is 29.6 Å². The molecule has 1 rings (SSSR count). The molecule has 0 heterocycles. The van der Waals surface area contributed by atoms with Gasteiger partial charge in [0.15, 0.2) is 0 Å². The van der Waals surface area contributed by atoms with Crippen molar-refractivity contribution in [1.82, 2.24) is 0 Å². The molecule has 0 fully saturated rings. The topological polar surface area (TPSA) is 40.1 Å². The van der Waals surface area contributed by atoms with Crippen molar-refractivity contribution in [1.29, 1.82) is 0 Å². The summed E-state index contributed by atoms with van der Waals surface area (Å²) in [5.41, 5.74) is 0.970. The fourth-order valence-electron chi connectivity index (χ4n) is 0.720. The van der Waals surface area contributed by atoms with Gasteiger partial charge in [-0.25, -0.2) is 0 Å². The van der Waals surface area contributed by atoms with Crippen LogP contribution in [0.25, 0.3) is 0 Å². The van der Waals surface area contributed by atoms with Crippen LogP contribution in [0.3, 0.4) is 0 Å². The molecule has 0 bridgehead atoms. The van der Waals surface area contributed by atoms with E-state index in [1.165, 1.54) is 12.1 Å². The third-order valence-electron chi connectivity index (χ3n) is 1.41. The Labute approximate surface area is 97.8 Å². The Bertz CT molecular complexity index is 299. The van der Waals surface area contributed by atoms with Crippen LogP contribution in [-0.4, -0.2) is 5.97 Å². The van der Waals surface area contributed by atoms with Gasteiger partial charge in [0.25, 0.3) is 0 Å². The van der Waals surface area contributed by atoms with Crippen molar-refractivity contribution in [2.24, 2.45) is 0 Å². The van der Waals surface area contributed by atoms with Crippen molar-refractivity contribution >= 4 is 17.6 Å². The Morgan fingerprint density at radius 1 is 1.50 bits per heavy atom. The number of rotatable bonds is 1. The van der Waals surface area contributed by atoms with E-state index in [1.807, 2.05) is 0 Å². The average molecular weight is 193 g/mol. The number of carbonyl (C=O) groups is 1. The van der Waals surface area contributed by atoms with E-state index >= 15 is 0 Å². The van der Waals surface area contributed by atoms with E-state index in [1.54, 1.807) is 13.0 Å². The number of carboxylic acids is 1. The van der Waals surface area contributed by atoms with Crippen LogP contribution in [0.15, 0.2) is 18.2 Å². The molecule has 0 aliphatic carbocycles. The molecule has 0 saturated carbocycles. The fourth-order valence-corrected chi connectivity index (χ4v) is 0.900. The zero-order valence-corrected chi connectivity index (χ0v) is 9.68. The van der Waals surface area contributed by atoms with Gasteiger partial charge in [-0.3, -0.25) is 0 Å². The van der Waals surface area contributed by atoms with Crippen LogP contribution >= 0.6 is 11.6 Å². The van der Waals surface area contributed by atoms with Crippen LogP contribution in [0.5, 0.6) is 0 Å². The number of hydrogen-bond acceptors (Lipinski definition) is 2. The first-order chi connectivity index (χ1) is 5.11. The van der Waals surface area contributed by atoms with E-state index in [0.29, 0.717) is 5.02 Å². The molecule has 2 nitrogen and oxygen atoms in total. The number of benzene rings is 1. The maximum absolute atomic E-state index is 10.3. The van der Waals surface area contributed by atoms with E-state index < -0.39 is 5.97 Å². The van der Waals surface area contributed by atoms with E-state index in [2.05, 4.69) is 0 Å². The predicted octanol–water partition coefficient (Wildman–Crippen LogP) is -1.98. The average Bonchev–Trinajstić information content (AvgIpc) is 1.94. The summed E-state index contributed by atoms with van der Waals surface area (Å²) >= 11 is 5.67. The number of carboxylic acid groups (broad SMARTS) is 1. The summed E-state index contributed by atoms with van der Waals surface area (Å²) in [5, 5.41) is 10.7. The van der Waals surface area contributed by atoms with Crippen LogP contribution in [0.4, 0.5) is 0 Å². The summed E-state index contributed by atoms with van der Waals surface area (Å²) in [4.78, 5) is 10.3. The Balaban J connectivity index is 0.00000121. The molecule has 0 atom stereocenters. The van der Waals surface area contributed by atoms with Gasteiger partial charge in [-0.2, -0.15) is 0 Å². The molecule has 58 valence electrons. The Morgan fingerprint density at radius 3 is 2.50 bits per heavy atom. The van der Waals surface area contributed by atoms with E-state index in [9.17, 15) is 9.90 Å². The molecule has 1 aromatic carbocycles. The van der Waals surface area contributed by atoms with Crippen LogP contribution in [0.2, 0.25) is 5.02 Å². The number of carbonyl (C=O) groups excluding carboxylic acids is 1. The standard InChI is InChI=1S/C8H7ClO2.Na/c1-5-2-3-6(8(10)11)4-7(5)9;/h2-4H,1H3,(H,10,11);/q;+1/p-1. The van der Waals surface area contributed by atoms with Gasteiger partial charge in [-0.15, -0.1) is 0 Å². The smallest absolute Gasteiger partial charge is 0.545 e. The SMILES string of the molecule is Cc1ccc(C(=O)[O-])cc1Cl.[Na+]. The Hall–Kier alpha value is -0.0200. The van der Waals surface area contributed by atoms with Crippen LogP contribution in [0.1, 0.15) is 15.9 Å². The van der Waals surface area contributed by atoms with Gasteiger partial charge in [0.2, 0.25) is 0 Å². The van der Waals surface area contributed by atoms with Gasteiger partial charge in [-0.1, -0.05) is 23.7 Å². The van der Waals surface area contributed by atoms with Gasteiger partial charge in [0.05, 0.1) is 5.97 Å². The van der Waals surface area contributed by atoms with Crippen molar-refractivity contribution in [3.05, 3.63) is 34.3 Å². The molecule has 0 aliphatic rings. The number of halogens is 1. The molecular weight excluding hydrogens is 187 g/mol. The van der Waals surface area contributed by atoms with Crippen molar-refractivity contribution in [2.45, 2.75) is 6.92 Å². The Morgan fingerprint density at radius 2 is 2.08 bits per heavy atom. The Kier molecular flexibility index (Phi) is 4.87. The summed E-state index contributed by atoms with van der Waals surface area (Å²) in [7, 11) is 0. The van der Waals surface area contributed by atoms with Crippen molar-refractivity contribution < 1.29 is 39.5 Å². The summed E-state index contributed by atoms with van der Waals surface area (Å²) in [6.45, 7) is 1.81. The minimum Gasteiger partial charge on any atom is -0.545 e. The monoisotopic (exact) mass is 192 g/mol. The molecule has 0 unspecified atom stereocenters. The summed E-state index contributed by atoms with van der Waals surface area (Å²) in [6.07, 6.45) is 0. The molecule has 4 heteroatoms. The minimum atomic E-state index is -1.20. The minimum absolute atomic E-state index is 0. The van der Waals surface area contributed by atoms with Crippen LogP contribution < -0.4 is 34.7 Å². The van der Waals surface area contributed by atoms with Gasteiger partial charge in [-0.05, 0) is 24.1 Å². The zero-order valence-electron chi connectivity index (χ0n) is 6.93. The third-order valence-corrected chi connectivity index (χ3v) is 1.81. The van der Waals surface area contributed by atoms with Gasteiger partial charge in [0.1, 0.15) is 0 Å². The number of aryl methyl sites for hydroxylation is 1. The molecule has 0 amide bonds. The number of aromatic carboxylic acids is 1. The fraction of sp³-hybridized carbons (Fsp3) is 0.125.